The Balaban J connectivity index is 1.06. The summed E-state index contributed by atoms with van der Waals surface area (Å²) in [6, 6.07) is 100. The number of benzene rings is 13. The van der Waals surface area contributed by atoms with E-state index in [2.05, 4.69) is 234 Å². The second kappa shape index (κ2) is 19.1. The van der Waals surface area contributed by atoms with Crippen molar-refractivity contribution in [3.63, 3.8) is 0 Å². The van der Waals surface area contributed by atoms with E-state index in [4.69, 9.17) is 4.42 Å². The number of hydrogen-bond acceptors (Lipinski definition) is 5. The molecule has 7 heteroatoms. The van der Waals surface area contributed by atoms with Crippen LogP contribution in [0.5, 0.6) is 0 Å². The molecule has 5 nitrogen and oxygen atoms in total. The topological polar surface area (TPSA) is 70.6 Å². The van der Waals surface area contributed by atoms with Gasteiger partial charge in [-0.25, -0.2) is 0 Å². The van der Waals surface area contributed by atoms with Crippen LogP contribution in [0, 0.1) is 22.7 Å². The largest absolute Gasteiger partial charge is 0.456 e. The number of thiophene rings is 2. The fourth-order valence-corrected chi connectivity index (χ4v) is 16.8. The van der Waals surface area contributed by atoms with Crippen LogP contribution in [0.15, 0.2) is 271 Å². The van der Waals surface area contributed by atoms with Gasteiger partial charge in [0, 0.05) is 74.4 Å². The Hall–Kier alpha value is -11.3. The minimum atomic E-state index is 0.404. The van der Waals surface area contributed by atoms with Crippen LogP contribution in [-0.2, 0) is 0 Å². The van der Waals surface area contributed by atoms with Gasteiger partial charge in [0.15, 0.2) is 0 Å². The molecule has 18 rings (SSSR count). The number of nitrogens with zero attached hydrogens (tertiary/aromatic N) is 4. The highest BCUT2D eigenvalue weighted by Gasteiger charge is 2.33. The quantitative estimate of drug-likeness (QED) is 0.160. The molecule has 0 fully saturated rings. The van der Waals surface area contributed by atoms with Crippen molar-refractivity contribution in [2.24, 2.45) is 0 Å². The third-order valence-corrected chi connectivity index (χ3v) is 20.2. The van der Waals surface area contributed by atoms with E-state index in [1.807, 2.05) is 54.6 Å². The average Bonchev–Trinajstić information content (AvgIpc) is 1.80. The van der Waals surface area contributed by atoms with Crippen molar-refractivity contribution in [1.82, 2.24) is 9.13 Å². The van der Waals surface area contributed by atoms with E-state index in [9.17, 15) is 10.5 Å². The first-order valence-corrected chi connectivity index (χ1v) is 30.7. The molecule has 0 spiro atoms. The zero-order valence-electron chi connectivity index (χ0n) is 46.4. The second-order valence-electron chi connectivity index (χ2n) is 22.3. The summed E-state index contributed by atoms with van der Waals surface area (Å²) in [5, 5.41) is 35.9. The van der Waals surface area contributed by atoms with Crippen LogP contribution in [0.25, 0.3) is 173 Å². The third-order valence-electron chi connectivity index (χ3n) is 17.8. The number of fused-ring (bicyclic) bond motifs is 17. The van der Waals surface area contributed by atoms with Crippen molar-refractivity contribution in [1.29, 1.82) is 10.5 Å². The van der Waals surface area contributed by atoms with Gasteiger partial charge in [0.1, 0.15) is 23.3 Å². The Bertz CT molecular complexity index is 5840. The summed E-state index contributed by atoms with van der Waals surface area (Å²) in [6.45, 7) is 0. The minimum Gasteiger partial charge on any atom is -0.456 e. The third kappa shape index (κ3) is 7.10. The molecule has 0 saturated heterocycles. The highest BCUT2D eigenvalue weighted by molar-refractivity contribution is 7.27. The van der Waals surface area contributed by atoms with Gasteiger partial charge in [-0.2, -0.15) is 10.5 Å². The molecule has 13 aromatic carbocycles. The summed E-state index contributed by atoms with van der Waals surface area (Å²) >= 11 is 3.60. The molecule has 0 aliphatic heterocycles. The molecule has 0 atom stereocenters. The Morgan fingerprint density at radius 2 is 0.759 bits per heavy atom. The van der Waals surface area contributed by atoms with Crippen molar-refractivity contribution < 1.29 is 4.42 Å². The smallest absolute Gasteiger partial charge is 0.136 e. The molecule has 0 aliphatic carbocycles. The van der Waals surface area contributed by atoms with E-state index in [1.54, 1.807) is 22.7 Å². The van der Waals surface area contributed by atoms with Gasteiger partial charge in [0.2, 0.25) is 0 Å². The first-order valence-electron chi connectivity index (χ1n) is 29.1. The van der Waals surface area contributed by atoms with Gasteiger partial charge in [0.05, 0.1) is 54.0 Å². The molecule has 0 saturated carbocycles. The van der Waals surface area contributed by atoms with Gasteiger partial charge < -0.3 is 13.6 Å². The number of hydrogen-bond donors (Lipinski definition) is 0. The van der Waals surface area contributed by atoms with Gasteiger partial charge in [-0.1, -0.05) is 224 Å². The zero-order valence-corrected chi connectivity index (χ0v) is 48.1. The Morgan fingerprint density at radius 1 is 0.310 bits per heavy atom. The fourth-order valence-electron chi connectivity index (χ4n) is 14.2. The Labute approximate surface area is 506 Å². The van der Waals surface area contributed by atoms with Crippen molar-refractivity contribution >= 4 is 129 Å². The average molecular weight is 1140 g/mol. The van der Waals surface area contributed by atoms with Gasteiger partial charge in [-0.05, 0) is 87.0 Å². The van der Waals surface area contributed by atoms with E-state index in [-0.39, 0.29) is 0 Å². The van der Waals surface area contributed by atoms with E-state index >= 15 is 0 Å². The lowest BCUT2D eigenvalue weighted by Gasteiger charge is -2.25. The summed E-state index contributed by atoms with van der Waals surface area (Å²) in [6.07, 6.45) is 0. The molecule has 0 unspecified atom stereocenters. The molecule has 87 heavy (non-hydrogen) atoms. The first-order chi connectivity index (χ1) is 43.1. The van der Waals surface area contributed by atoms with Crippen LogP contribution in [0.2, 0.25) is 0 Å². The molecule has 18 aromatic rings. The predicted octanol–water partition coefficient (Wildman–Crippen LogP) is 22.6. The lowest BCUT2D eigenvalue weighted by molar-refractivity contribution is 0.669. The second-order valence-corrected chi connectivity index (χ2v) is 24.4. The summed E-state index contributed by atoms with van der Waals surface area (Å²) < 4.78 is 15.8. The molecule has 0 radical (unpaired) electrons. The number of rotatable bonds is 7. The molecular formula is C80H44N4OS2. The Morgan fingerprint density at radius 3 is 1.33 bits per heavy atom. The molecule has 5 heterocycles. The van der Waals surface area contributed by atoms with E-state index in [0.717, 1.165) is 125 Å². The monoisotopic (exact) mass is 1140 g/mol. The molecule has 0 N–H and O–H groups in total. The normalized spacial score (nSPS) is 11.9. The SMILES string of the molecule is N#Cc1c(-c2ccccc2)c(C#N)c(-n2c3c(ccc4c3sc3cccc(-c5ccccc5)c34)c3ccc4c(sc5cccc(-c6ccccc6)c54)c32)c(-c2ccccc2)c1-n1c2ccccc2c2cc(-c3cccc4oc5ccccc5c34)ccc21. The maximum absolute atomic E-state index is 12.5. The first kappa shape index (κ1) is 49.1. The maximum atomic E-state index is 12.5. The molecule has 5 aromatic heterocycles. The van der Waals surface area contributed by atoms with Gasteiger partial charge >= 0.3 is 0 Å². The van der Waals surface area contributed by atoms with Gasteiger partial charge in [-0.15, -0.1) is 22.7 Å². The zero-order chi connectivity index (χ0) is 57.4. The minimum absolute atomic E-state index is 0.404. The van der Waals surface area contributed by atoms with Gasteiger partial charge in [0.25, 0.3) is 0 Å². The number of furan rings is 1. The van der Waals surface area contributed by atoms with Crippen LogP contribution in [-0.4, -0.2) is 9.13 Å². The summed E-state index contributed by atoms with van der Waals surface area (Å²) in [4.78, 5) is 0. The summed E-state index contributed by atoms with van der Waals surface area (Å²) in [5.74, 6) is 0. The van der Waals surface area contributed by atoms with E-state index < -0.39 is 0 Å². The van der Waals surface area contributed by atoms with Crippen molar-refractivity contribution in [3.05, 3.63) is 278 Å². The van der Waals surface area contributed by atoms with Gasteiger partial charge in [-0.3, -0.25) is 0 Å². The van der Waals surface area contributed by atoms with Crippen LogP contribution in [0.4, 0.5) is 0 Å². The lowest BCUT2D eigenvalue weighted by atomic mass is 9.86. The van der Waals surface area contributed by atoms with E-state index in [0.29, 0.717) is 28.1 Å². The highest BCUT2D eigenvalue weighted by Crippen LogP contribution is 2.54. The predicted molar refractivity (Wildman–Crippen MR) is 365 cm³/mol. The number of aromatic nitrogens is 2. The van der Waals surface area contributed by atoms with Crippen molar-refractivity contribution in [2.45, 2.75) is 0 Å². The lowest BCUT2D eigenvalue weighted by Crippen LogP contribution is -2.11. The van der Waals surface area contributed by atoms with E-state index in [1.165, 1.54) is 31.3 Å². The molecular weight excluding hydrogens is 1100 g/mol. The molecule has 0 aliphatic rings. The molecule has 0 amide bonds. The summed E-state index contributed by atoms with van der Waals surface area (Å²) in [7, 11) is 0. The van der Waals surface area contributed by atoms with Crippen molar-refractivity contribution in [3.8, 4) is 79.1 Å². The molecule has 402 valence electrons. The van der Waals surface area contributed by atoms with Crippen LogP contribution in [0.3, 0.4) is 0 Å². The van der Waals surface area contributed by atoms with Crippen LogP contribution in [0.1, 0.15) is 11.1 Å². The molecule has 0 bridgehead atoms. The number of nitriles is 2. The fraction of sp³-hybridized carbons (Fsp3) is 0. The Kier molecular flexibility index (Phi) is 10.8. The highest BCUT2D eigenvalue weighted by atomic mass is 32.1. The maximum Gasteiger partial charge on any atom is 0.136 e. The number of para-hydroxylation sites is 2. The van der Waals surface area contributed by atoms with Crippen molar-refractivity contribution in [2.75, 3.05) is 0 Å². The van der Waals surface area contributed by atoms with Crippen LogP contribution >= 0.6 is 22.7 Å². The van der Waals surface area contributed by atoms with Crippen LogP contribution < -0.4 is 0 Å². The summed E-state index contributed by atoms with van der Waals surface area (Å²) in [5.41, 5.74) is 17.5. The standard InChI is InChI=1S/C80H44N4OS2/c81-45-62-70(49-24-9-3-10-25-49)63(46-82)76(71(50-26-11-4-12-27-50)75(62)83-64-33-15-13-28-55(64)61-44-51(38-43-65(61)83)54-30-17-35-67-72(54)58-29-14-16-34-66(58)85-67)84-77-56(39-41-59-73-52(47-20-5-1-6-21-47)31-18-36-68(73)86-79(59)77)57-40-42-60-74-53(48-22-7-2-8-23-48)32-19-37-69(74)87-80(60)78(57)84/h1-44H.